The Hall–Kier alpha value is -3.79. The molecule has 0 fully saturated rings. The van der Waals surface area contributed by atoms with Gasteiger partial charge in [0, 0.05) is 25.6 Å². The molecule has 11 heteroatoms. The van der Waals surface area contributed by atoms with Gasteiger partial charge in [0.1, 0.15) is 17.6 Å². The van der Waals surface area contributed by atoms with Crippen molar-refractivity contribution in [2.75, 3.05) is 19.0 Å². The third-order valence-electron chi connectivity index (χ3n) is 5.19. The van der Waals surface area contributed by atoms with E-state index in [9.17, 15) is 27.9 Å². The topological polar surface area (TPSA) is 101 Å². The van der Waals surface area contributed by atoms with Crippen LogP contribution in [0.1, 0.15) is 27.2 Å². The van der Waals surface area contributed by atoms with E-state index in [0.29, 0.717) is 30.4 Å². The average Bonchev–Trinajstić information content (AvgIpc) is 2.84. The van der Waals surface area contributed by atoms with Gasteiger partial charge in [-0.1, -0.05) is 29.8 Å². The fourth-order valence-corrected chi connectivity index (χ4v) is 3.50. The van der Waals surface area contributed by atoms with E-state index in [1.54, 1.807) is 31.3 Å². The van der Waals surface area contributed by atoms with Crippen LogP contribution in [0.5, 0.6) is 5.75 Å². The zero-order valence-corrected chi connectivity index (χ0v) is 19.9. The number of hydrogen-bond donors (Lipinski definition) is 3. The molecule has 0 saturated heterocycles. The first-order chi connectivity index (χ1) is 17.1. The molecule has 3 N–H and O–H groups in total. The van der Waals surface area contributed by atoms with E-state index in [1.807, 2.05) is 18.2 Å². The predicted molar refractivity (Wildman–Crippen MR) is 128 cm³/mol. The van der Waals surface area contributed by atoms with Gasteiger partial charge in [0.2, 0.25) is 0 Å². The molecule has 190 valence electrons. The van der Waals surface area contributed by atoms with Gasteiger partial charge in [0.25, 0.3) is 5.91 Å². The van der Waals surface area contributed by atoms with Crippen molar-refractivity contribution in [2.45, 2.75) is 25.1 Å². The third-order valence-corrected chi connectivity index (χ3v) is 5.52. The number of hydrogen-bond acceptors (Lipinski definition) is 5. The maximum absolute atomic E-state index is 13.0. The summed E-state index contributed by atoms with van der Waals surface area (Å²) < 4.78 is 44.7. The van der Waals surface area contributed by atoms with Gasteiger partial charge in [0.15, 0.2) is 0 Å². The number of ether oxygens (including phenoxy) is 1. The van der Waals surface area contributed by atoms with Gasteiger partial charge in [-0.05, 0) is 48.0 Å². The number of alkyl halides is 3. The van der Waals surface area contributed by atoms with Gasteiger partial charge in [0.05, 0.1) is 22.8 Å². The monoisotopic (exact) mass is 521 g/mol. The fraction of sp³-hybridized carbons (Fsp3) is 0.240. The molecule has 7 nitrogen and oxygen atoms in total. The van der Waals surface area contributed by atoms with E-state index in [-0.39, 0.29) is 11.4 Å². The molecule has 0 spiro atoms. The number of benzene rings is 2. The lowest BCUT2D eigenvalue weighted by Gasteiger charge is -2.16. The molecule has 1 aromatic heterocycles. The number of pyridine rings is 1. The van der Waals surface area contributed by atoms with E-state index in [1.165, 1.54) is 0 Å². The Kier molecular flexibility index (Phi) is 8.76. The molecule has 0 bridgehead atoms. The number of aromatic nitrogens is 1. The second-order valence-corrected chi connectivity index (χ2v) is 8.17. The number of amides is 1. The van der Waals surface area contributed by atoms with Crippen LogP contribution in [0.3, 0.4) is 0 Å². The Morgan fingerprint density at radius 3 is 2.47 bits per heavy atom. The summed E-state index contributed by atoms with van der Waals surface area (Å²) in [6, 6.07) is 13.1. The van der Waals surface area contributed by atoms with Crippen molar-refractivity contribution in [3.63, 3.8) is 0 Å². The van der Waals surface area contributed by atoms with Crippen molar-refractivity contribution in [3.8, 4) is 5.75 Å². The molecule has 0 radical (unpaired) electrons. The zero-order chi connectivity index (χ0) is 26.3. The predicted octanol–water partition coefficient (Wildman–Crippen LogP) is 4.84. The van der Waals surface area contributed by atoms with E-state index >= 15 is 0 Å². The molecule has 0 aliphatic heterocycles. The quantitative estimate of drug-likeness (QED) is 0.353. The number of aliphatic carboxylic acids is 1. The number of nitrogens with one attached hydrogen (secondary N) is 2. The zero-order valence-electron chi connectivity index (χ0n) is 19.1. The van der Waals surface area contributed by atoms with Crippen LogP contribution in [0.2, 0.25) is 5.02 Å². The molecule has 3 rings (SSSR count). The van der Waals surface area contributed by atoms with Crippen LogP contribution >= 0.6 is 11.6 Å². The molecule has 36 heavy (non-hydrogen) atoms. The molecule has 0 aliphatic carbocycles. The maximum atomic E-state index is 13.0. The Labute approximate surface area is 210 Å². The van der Waals surface area contributed by atoms with E-state index in [0.717, 1.165) is 23.6 Å². The minimum atomic E-state index is -4.68. The van der Waals surface area contributed by atoms with Crippen LogP contribution in [-0.2, 0) is 23.8 Å². The molecule has 1 heterocycles. The number of carbonyl (C=O) groups is 2. The molecule has 2 aromatic carbocycles. The van der Waals surface area contributed by atoms with E-state index < -0.39 is 35.2 Å². The summed E-state index contributed by atoms with van der Waals surface area (Å²) in [5, 5.41) is 14.5. The lowest BCUT2D eigenvalue weighted by molar-refractivity contribution is -0.139. The maximum Gasteiger partial charge on any atom is 0.416 e. The largest absolute Gasteiger partial charge is 0.493 e. The molecular weight excluding hydrogens is 499 g/mol. The van der Waals surface area contributed by atoms with Crippen molar-refractivity contribution in [1.29, 1.82) is 0 Å². The summed E-state index contributed by atoms with van der Waals surface area (Å²) in [4.78, 5) is 28.6. The smallest absolute Gasteiger partial charge is 0.416 e. The van der Waals surface area contributed by atoms with Crippen LogP contribution in [0.15, 0.2) is 60.7 Å². The summed E-state index contributed by atoms with van der Waals surface area (Å²) in [5.41, 5.74) is -0.0887. The van der Waals surface area contributed by atoms with Crippen LogP contribution in [-0.4, -0.2) is 41.7 Å². The normalized spacial score (nSPS) is 12.0. The van der Waals surface area contributed by atoms with Crippen molar-refractivity contribution in [1.82, 2.24) is 10.3 Å². The van der Waals surface area contributed by atoms with E-state index in [2.05, 4.69) is 15.6 Å². The summed E-state index contributed by atoms with van der Waals surface area (Å²) in [6.07, 6.45) is -4.19. The highest BCUT2D eigenvalue weighted by Gasteiger charge is 2.32. The number of carbonyl (C=O) groups excluding carboxylic acids is 1. The second kappa shape index (κ2) is 11.8. The molecule has 0 saturated carbocycles. The van der Waals surface area contributed by atoms with Crippen molar-refractivity contribution in [2.24, 2.45) is 0 Å². The summed E-state index contributed by atoms with van der Waals surface area (Å²) in [7, 11) is 1.78. The number of carboxylic acid groups (broad SMARTS) is 1. The fourth-order valence-electron chi connectivity index (χ4n) is 3.30. The highest BCUT2D eigenvalue weighted by atomic mass is 35.5. The Morgan fingerprint density at radius 2 is 1.83 bits per heavy atom. The lowest BCUT2D eigenvalue weighted by atomic mass is 10.0. The van der Waals surface area contributed by atoms with Crippen LogP contribution < -0.4 is 15.4 Å². The minimum Gasteiger partial charge on any atom is -0.493 e. The first-order valence-electron chi connectivity index (χ1n) is 10.8. The standard InChI is InChI=1S/C25H23ClF3N3O4/c1-30-22-4-2-3-17(31-22)11-12-36-18-8-5-15(6-9-18)13-21(24(34)35)32-23(33)19-14-16(25(27,28)29)7-10-20(19)26/h2-10,14,21H,11-13H2,1H3,(H,30,31)(H,32,33)(H,34,35)/t21-/m0/s1. The number of carboxylic acids is 1. The first-order valence-corrected chi connectivity index (χ1v) is 11.2. The minimum absolute atomic E-state index is 0.0985. The molecule has 1 atom stereocenters. The Bertz CT molecular complexity index is 1220. The van der Waals surface area contributed by atoms with Gasteiger partial charge >= 0.3 is 12.1 Å². The van der Waals surface area contributed by atoms with Gasteiger partial charge in [-0.15, -0.1) is 0 Å². The second-order valence-electron chi connectivity index (χ2n) is 7.77. The first kappa shape index (κ1) is 26.8. The Morgan fingerprint density at radius 1 is 1.11 bits per heavy atom. The number of anilines is 1. The highest BCUT2D eigenvalue weighted by molar-refractivity contribution is 6.33. The van der Waals surface area contributed by atoms with Gasteiger partial charge in [-0.25, -0.2) is 9.78 Å². The van der Waals surface area contributed by atoms with Crippen LogP contribution in [0, 0.1) is 0 Å². The lowest BCUT2D eigenvalue weighted by Crippen LogP contribution is -2.42. The van der Waals surface area contributed by atoms with Crippen LogP contribution in [0.4, 0.5) is 19.0 Å². The van der Waals surface area contributed by atoms with E-state index in [4.69, 9.17) is 16.3 Å². The third kappa shape index (κ3) is 7.35. The molecule has 3 aromatic rings. The van der Waals surface area contributed by atoms with Gasteiger partial charge in [-0.3, -0.25) is 4.79 Å². The van der Waals surface area contributed by atoms with Crippen molar-refractivity contribution >= 4 is 29.3 Å². The average molecular weight is 522 g/mol. The number of halogens is 4. The summed E-state index contributed by atoms with van der Waals surface area (Å²) >= 11 is 5.88. The Balaban J connectivity index is 1.60. The summed E-state index contributed by atoms with van der Waals surface area (Å²) in [6.45, 7) is 0.380. The summed E-state index contributed by atoms with van der Waals surface area (Å²) in [5.74, 6) is -1.04. The van der Waals surface area contributed by atoms with Gasteiger partial charge in [-0.2, -0.15) is 13.2 Å². The molecule has 0 aliphatic rings. The highest BCUT2D eigenvalue weighted by Crippen LogP contribution is 2.31. The van der Waals surface area contributed by atoms with Crippen molar-refractivity contribution < 1.29 is 32.6 Å². The number of rotatable bonds is 10. The molecular formula is C25H23ClF3N3O4. The molecule has 0 unspecified atom stereocenters. The van der Waals surface area contributed by atoms with Gasteiger partial charge < -0.3 is 20.5 Å². The molecule has 1 amide bonds. The van der Waals surface area contributed by atoms with Crippen LogP contribution in [0.25, 0.3) is 0 Å². The van der Waals surface area contributed by atoms with Crippen molar-refractivity contribution in [3.05, 3.63) is 88.1 Å². The SMILES string of the molecule is CNc1cccc(CCOc2ccc(C[C@H](NC(=O)c3cc(C(F)(F)F)ccc3Cl)C(=O)O)cc2)n1. The number of nitrogens with zero attached hydrogens (tertiary/aromatic N) is 1.